The highest BCUT2D eigenvalue weighted by atomic mass is 35.6. The number of esters is 2. The fourth-order valence-corrected chi connectivity index (χ4v) is 4.75. The molecule has 0 saturated carbocycles. The molecular weight excluding hydrogens is 591 g/mol. The summed E-state index contributed by atoms with van der Waals surface area (Å²) in [6.45, 7) is 8.36. The number of rotatable bonds is 3. The van der Waals surface area contributed by atoms with Gasteiger partial charge in [-0.3, -0.25) is 9.59 Å². The molecule has 2 heterocycles. The summed E-state index contributed by atoms with van der Waals surface area (Å²) in [4.78, 5) is 53.7. The molecule has 216 valence electrons. The number of aldehydes is 1. The molecule has 1 aliphatic heterocycles. The number of carbonyl (C=O) groups excluding carboxylic acids is 4. The largest absolute Gasteiger partial charge is 0.462 e. The maximum atomic E-state index is 12.8. The van der Waals surface area contributed by atoms with E-state index in [-0.39, 0.29) is 18.8 Å². The molecule has 1 aromatic heterocycles. The molecular formula is C26H33Cl3N2O7S. The lowest BCUT2D eigenvalue weighted by Gasteiger charge is -2.32. The zero-order chi connectivity index (χ0) is 29.4. The summed E-state index contributed by atoms with van der Waals surface area (Å²) in [6.07, 6.45) is 3.39. The van der Waals surface area contributed by atoms with Crippen LogP contribution in [0.3, 0.4) is 0 Å². The van der Waals surface area contributed by atoms with Crippen LogP contribution in [0.5, 0.6) is 0 Å². The molecule has 2 bridgehead atoms. The lowest BCUT2D eigenvalue weighted by Crippen LogP contribution is -2.47. The van der Waals surface area contributed by atoms with Gasteiger partial charge in [0, 0.05) is 36.3 Å². The lowest BCUT2D eigenvalue weighted by molar-refractivity contribution is -0.148. The number of alkyl halides is 3. The van der Waals surface area contributed by atoms with E-state index in [0.717, 1.165) is 5.57 Å². The van der Waals surface area contributed by atoms with Gasteiger partial charge in [0.2, 0.25) is 3.79 Å². The van der Waals surface area contributed by atoms with Crippen LogP contribution >= 0.6 is 46.1 Å². The number of carbonyl (C=O) groups is 4. The van der Waals surface area contributed by atoms with Gasteiger partial charge in [0.15, 0.2) is 18.0 Å². The fraction of sp³-hybridized carbons (Fsp3) is 0.577. The predicted molar refractivity (Wildman–Crippen MR) is 150 cm³/mol. The van der Waals surface area contributed by atoms with Gasteiger partial charge in [0.05, 0.1) is 17.1 Å². The second kappa shape index (κ2) is 14.5. The molecule has 1 aliphatic rings. The van der Waals surface area contributed by atoms with E-state index in [1.165, 1.54) is 37.3 Å². The Morgan fingerprint density at radius 3 is 2.51 bits per heavy atom. The molecule has 1 N–H and O–H groups in total. The van der Waals surface area contributed by atoms with Crippen LogP contribution in [-0.4, -0.2) is 56.9 Å². The molecule has 13 heteroatoms. The fourth-order valence-electron chi connectivity index (χ4n) is 3.68. The number of cyclic esters (lactones) is 2. The molecule has 9 nitrogen and oxygen atoms in total. The Kier molecular flexibility index (Phi) is 12.3. The highest BCUT2D eigenvalue weighted by Crippen LogP contribution is 2.40. The first-order valence-corrected chi connectivity index (χ1v) is 14.3. The number of ether oxygens (including phenoxy) is 3. The first-order chi connectivity index (χ1) is 18.1. The lowest BCUT2D eigenvalue weighted by atomic mass is 9.97. The van der Waals surface area contributed by atoms with Crippen LogP contribution in [0.25, 0.3) is 0 Å². The Balaban J connectivity index is 2.30. The molecule has 1 amide bonds. The number of hydrogen-bond acceptors (Lipinski definition) is 9. The van der Waals surface area contributed by atoms with Crippen molar-refractivity contribution in [1.82, 2.24) is 10.3 Å². The van der Waals surface area contributed by atoms with Crippen molar-refractivity contribution in [3.63, 3.8) is 0 Å². The second-order valence-electron chi connectivity index (χ2n) is 9.94. The van der Waals surface area contributed by atoms with Gasteiger partial charge >= 0.3 is 18.0 Å². The van der Waals surface area contributed by atoms with Crippen LogP contribution in [-0.2, 0) is 35.0 Å². The van der Waals surface area contributed by atoms with Gasteiger partial charge in [-0.2, -0.15) is 0 Å². The van der Waals surface area contributed by atoms with E-state index in [1.54, 1.807) is 13.0 Å². The molecule has 0 spiro atoms. The van der Waals surface area contributed by atoms with Crippen molar-refractivity contribution >= 4 is 70.5 Å². The summed E-state index contributed by atoms with van der Waals surface area (Å²) >= 11 is 19.1. The number of hydrogen-bond donors (Lipinski definition) is 1. The molecule has 0 aromatic carbocycles. The Hall–Kier alpha value is -2.14. The van der Waals surface area contributed by atoms with Gasteiger partial charge in [-0.25, -0.2) is 14.6 Å². The highest BCUT2D eigenvalue weighted by molar-refractivity contribution is 7.09. The van der Waals surface area contributed by atoms with E-state index in [1.807, 2.05) is 19.2 Å². The second-order valence-corrected chi connectivity index (χ2v) is 13.2. The third kappa shape index (κ3) is 11.1. The minimum Gasteiger partial charge on any atom is -0.462 e. The van der Waals surface area contributed by atoms with Gasteiger partial charge in [-0.05, 0) is 34.1 Å². The van der Waals surface area contributed by atoms with Gasteiger partial charge in [0.1, 0.15) is 6.10 Å². The van der Waals surface area contributed by atoms with Crippen molar-refractivity contribution in [1.29, 1.82) is 0 Å². The summed E-state index contributed by atoms with van der Waals surface area (Å²) in [6, 6.07) is -0.686. The van der Waals surface area contributed by atoms with E-state index in [0.29, 0.717) is 29.8 Å². The first kappa shape index (κ1) is 33.1. The van der Waals surface area contributed by atoms with Gasteiger partial charge < -0.3 is 19.5 Å². The number of thiazole rings is 1. The number of nitrogens with one attached hydrogen (secondary N) is 1. The number of aromatic nitrogens is 1. The van der Waals surface area contributed by atoms with E-state index >= 15 is 0 Å². The van der Waals surface area contributed by atoms with Crippen LogP contribution < -0.4 is 5.32 Å². The van der Waals surface area contributed by atoms with Crippen LogP contribution in [0.15, 0.2) is 29.2 Å². The Bertz CT molecular complexity index is 1100. The molecule has 0 unspecified atom stereocenters. The third-order valence-electron chi connectivity index (χ3n) is 5.83. The molecule has 39 heavy (non-hydrogen) atoms. The summed E-state index contributed by atoms with van der Waals surface area (Å²) in [5, 5.41) is 5.11. The Morgan fingerprint density at radius 1 is 1.18 bits per heavy atom. The molecule has 0 saturated heterocycles. The van der Waals surface area contributed by atoms with Crippen molar-refractivity contribution < 1.29 is 33.4 Å². The number of fused-ring (bicyclic) bond motifs is 2. The average molecular weight is 624 g/mol. The first-order valence-electron chi connectivity index (χ1n) is 12.3. The maximum Gasteiger partial charge on any atom is 0.408 e. The number of alkyl carbamates (subject to hydrolysis) is 1. The monoisotopic (exact) mass is 622 g/mol. The summed E-state index contributed by atoms with van der Waals surface area (Å²) in [5.41, 5.74) is 0.0873. The SMILES string of the molecule is C/C1=C\C=C/C(=O)O[C@H](C=O)Cc2nc(cs2)[C@@H](C)C[C@@H](NC(=O)OC(C)(C)C(Cl)(Cl)Cl)CC(=O)O[C@@H](C)C1. The maximum absolute atomic E-state index is 12.8. The standard InChI is InChI=1S/C26H33Cl3N2O7S/c1-15-7-6-8-22(33)37-19(13-32)12-21-31-20(14-39-21)16(2)10-18(11-23(34)36-17(3)9-15)30-24(35)38-25(4,5)26(27,28)29/h6-8,13-14,16-19H,9-12H2,1-5H3,(H,30,35)/b8-6-,15-7+/t16-,17-,18+,19-/m0/s1. The van der Waals surface area contributed by atoms with Gasteiger partial charge in [-0.1, -0.05) is 59.5 Å². The van der Waals surface area contributed by atoms with E-state index in [9.17, 15) is 19.2 Å². The minimum atomic E-state index is -1.88. The average Bonchev–Trinajstić information content (AvgIpc) is 3.25. The number of amides is 1. The smallest absolute Gasteiger partial charge is 0.408 e. The van der Waals surface area contributed by atoms with Crippen LogP contribution in [0.2, 0.25) is 0 Å². The summed E-state index contributed by atoms with van der Waals surface area (Å²) in [5.74, 6) is -1.38. The van der Waals surface area contributed by atoms with Crippen LogP contribution in [0.1, 0.15) is 70.5 Å². The Morgan fingerprint density at radius 2 is 1.87 bits per heavy atom. The van der Waals surface area contributed by atoms with E-state index < -0.39 is 45.7 Å². The zero-order valence-electron chi connectivity index (χ0n) is 22.4. The van der Waals surface area contributed by atoms with Gasteiger partial charge in [-0.15, -0.1) is 11.3 Å². The van der Waals surface area contributed by atoms with Crippen molar-refractivity contribution in [2.45, 2.75) is 93.9 Å². The molecule has 2 rings (SSSR count). The van der Waals surface area contributed by atoms with Crippen molar-refractivity contribution in [3.05, 3.63) is 39.9 Å². The summed E-state index contributed by atoms with van der Waals surface area (Å²) < 4.78 is 14.3. The highest BCUT2D eigenvalue weighted by Gasteiger charge is 2.44. The molecule has 1 aromatic rings. The summed E-state index contributed by atoms with van der Waals surface area (Å²) in [7, 11) is 0. The minimum absolute atomic E-state index is 0.124. The molecule has 0 radical (unpaired) electrons. The molecule has 0 fully saturated rings. The van der Waals surface area contributed by atoms with Crippen LogP contribution in [0, 0.1) is 0 Å². The van der Waals surface area contributed by atoms with Gasteiger partial charge in [0.25, 0.3) is 0 Å². The third-order valence-corrected chi connectivity index (χ3v) is 8.08. The number of halogens is 3. The van der Waals surface area contributed by atoms with Crippen molar-refractivity contribution in [2.75, 3.05) is 0 Å². The van der Waals surface area contributed by atoms with E-state index in [4.69, 9.17) is 49.0 Å². The predicted octanol–water partition coefficient (Wildman–Crippen LogP) is 5.76. The van der Waals surface area contributed by atoms with E-state index in [2.05, 4.69) is 10.3 Å². The van der Waals surface area contributed by atoms with Crippen molar-refractivity contribution in [2.24, 2.45) is 0 Å². The Labute approximate surface area is 247 Å². The van der Waals surface area contributed by atoms with Crippen LogP contribution in [0.4, 0.5) is 4.79 Å². The molecule has 0 aliphatic carbocycles. The van der Waals surface area contributed by atoms with Crippen molar-refractivity contribution in [3.8, 4) is 0 Å². The normalized spacial score (nSPS) is 26.4. The topological polar surface area (TPSA) is 121 Å². The zero-order valence-corrected chi connectivity index (χ0v) is 25.5. The number of nitrogens with zero attached hydrogens (tertiary/aromatic N) is 1. The number of allylic oxidation sites excluding steroid dienone is 2. The molecule has 4 atom stereocenters. The quantitative estimate of drug-likeness (QED) is 0.195.